The van der Waals surface area contributed by atoms with Gasteiger partial charge in [-0.05, 0) is 53.3 Å². The molecule has 1 aromatic heterocycles. The molecule has 4 rings (SSSR count). The van der Waals surface area contributed by atoms with E-state index in [2.05, 4.69) is 29.2 Å². The van der Waals surface area contributed by atoms with Gasteiger partial charge in [-0.3, -0.25) is 4.98 Å². The van der Waals surface area contributed by atoms with Gasteiger partial charge in [0.05, 0.1) is 17.3 Å². The number of benzene rings is 2. The lowest BCUT2D eigenvalue weighted by molar-refractivity contribution is 0.319. The van der Waals surface area contributed by atoms with Gasteiger partial charge in [-0.15, -0.1) is 0 Å². The van der Waals surface area contributed by atoms with Crippen molar-refractivity contribution in [2.75, 3.05) is 12.4 Å². The fourth-order valence-corrected chi connectivity index (χ4v) is 4.55. The fraction of sp³-hybridized carbons (Fsp3) is 0.227. The molecule has 1 fully saturated rings. The normalized spacial score (nSPS) is 19.0. The Hall–Kier alpha value is -2.50. The van der Waals surface area contributed by atoms with Crippen LogP contribution in [0.15, 0.2) is 77.8 Å². The summed E-state index contributed by atoms with van der Waals surface area (Å²) in [6.07, 6.45) is 2.95. The van der Waals surface area contributed by atoms with Crippen LogP contribution >= 0.6 is 0 Å². The molecule has 0 amide bonds. The SMILES string of the molecule is O=S(=O)(CCO)c1ccc(-c2cccc([C@@H]3C[C@@H]3c3ccccn3)c2)cc1. The summed E-state index contributed by atoms with van der Waals surface area (Å²) in [6, 6.07) is 21.4. The van der Waals surface area contributed by atoms with Crippen LogP contribution in [0.4, 0.5) is 0 Å². The summed E-state index contributed by atoms with van der Waals surface area (Å²) < 4.78 is 24.1. The van der Waals surface area contributed by atoms with Gasteiger partial charge in [0, 0.05) is 17.8 Å². The van der Waals surface area contributed by atoms with E-state index in [1.807, 2.05) is 36.5 Å². The summed E-state index contributed by atoms with van der Waals surface area (Å²) in [4.78, 5) is 4.71. The molecule has 0 radical (unpaired) electrons. The van der Waals surface area contributed by atoms with E-state index in [0.717, 1.165) is 23.2 Å². The summed E-state index contributed by atoms with van der Waals surface area (Å²) in [6.45, 7) is -0.370. The number of hydrogen-bond acceptors (Lipinski definition) is 4. The first-order valence-electron chi connectivity index (χ1n) is 9.03. The third-order valence-electron chi connectivity index (χ3n) is 5.08. The lowest BCUT2D eigenvalue weighted by atomic mass is 10.00. The van der Waals surface area contributed by atoms with Crippen LogP contribution in [0, 0.1) is 0 Å². The van der Waals surface area contributed by atoms with Gasteiger partial charge in [-0.1, -0.05) is 42.5 Å². The first-order valence-corrected chi connectivity index (χ1v) is 10.7. The van der Waals surface area contributed by atoms with Gasteiger partial charge in [0.1, 0.15) is 0 Å². The molecule has 0 unspecified atom stereocenters. The van der Waals surface area contributed by atoms with Crippen LogP contribution < -0.4 is 0 Å². The zero-order valence-corrected chi connectivity index (χ0v) is 15.6. The van der Waals surface area contributed by atoms with E-state index in [1.54, 1.807) is 12.1 Å². The fourth-order valence-electron chi connectivity index (χ4n) is 3.53. The van der Waals surface area contributed by atoms with Crippen LogP contribution in [0.25, 0.3) is 11.1 Å². The van der Waals surface area contributed by atoms with Crippen molar-refractivity contribution < 1.29 is 13.5 Å². The van der Waals surface area contributed by atoms with Gasteiger partial charge >= 0.3 is 0 Å². The summed E-state index contributed by atoms with van der Waals surface area (Å²) in [5.41, 5.74) is 4.49. The molecule has 0 saturated heterocycles. The van der Waals surface area contributed by atoms with E-state index in [4.69, 9.17) is 5.11 Å². The second-order valence-electron chi connectivity index (χ2n) is 6.90. The highest BCUT2D eigenvalue weighted by Gasteiger charge is 2.40. The maximum atomic E-state index is 12.0. The van der Waals surface area contributed by atoms with Crippen molar-refractivity contribution in [2.24, 2.45) is 0 Å². The molecule has 1 aliphatic carbocycles. The van der Waals surface area contributed by atoms with E-state index in [-0.39, 0.29) is 17.3 Å². The Kier molecular flexibility index (Phi) is 4.81. The average molecular weight is 379 g/mol. The molecule has 4 nitrogen and oxygen atoms in total. The third-order valence-corrected chi connectivity index (χ3v) is 6.79. The van der Waals surface area contributed by atoms with Crippen LogP contribution in [0.3, 0.4) is 0 Å². The lowest BCUT2D eigenvalue weighted by Crippen LogP contribution is -2.09. The molecule has 27 heavy (non-hydrogen) atoms. The van der Waals surface area contributed by atoms with Gasteiger partial charge in [0.15, 0.2) is 9.84 Å². The van der Waals surface area contributed by atoms with Crippen LogP contribution in [0.2, 0.25) is 0 Å². The summed E-state index contributed by atoms with van der Waals surface area (Å²) in [5, 5.41) is 8.90. The number of sulfone groups is 1. The van der Waals surface area contributed by atoms with Crippen molar-refractivity contribution in [1.82, 2.24) is 4.98 Å². The zero-order chi connectivity index (χ0) is 18.9. The molecule has 138 valence electrons. The van der Waals surface area contributed by atoms with E-state index in [0.29, 0.717) is 11.8 Å². The minimum Gasteiger partial charge on any atom is -0.395 e. The van der Waals surface area contributed by atoms with Crippen LogP contribution in [-0.2, 0) is 9.84 Å². The maximum Gasteiger partial charge on any atom is 0.180 e. The molecular formula is C22H21NO3S. The van der Waals surface area contributed by atoms with Crippen LogP contribution in [0.5, 0.6) is 0 Å². The quantitative estimate of drug-likeness (QED) is 0.708. The third kappa shape index (κ3) is 3.80. The van der Waals surface area contributed by atoms with Crippen molar-refractivity contribution >= 4 is 9.84 Å². The van der Waals surface area contributed by atoms with Crippen molar-refractivity contribution in [2.45, 2.75) is 23.2 Å². The smallest absolute Gasteiger partial charge is 0.180 e. The molecule has 0 bridgehead atoms. The van der Waals surface area contributed by atoms with Crippen LogP contribution in [-0.4, -0.2) is 30.9 Å². The standard InChI is InChI=1S/C22H21NO3S/c24-12-13-27(25,26)19-9-7-16(8-10-19)17-4-3-5-18(14-17)20-15-21(20)22-6-1-2-11-23-22/h1-11,14,20-21,24H,12-13,15H2/t20-,21-/m0/s1. The predicted octanol–water partition coefficient (Wildman–Crippen LogP) is 3.79. The molecule has 5 heteroatoms. The lowest BCUT2D eigenvalue weighted by Gasteiger charge is -2.07. The Morgan fingerprint density at radius 2 is 1.74 bits per heavy atom. The van der Waals surface area contributed by atoms with Gasteiger partial charge in [-0.25, -0.2) is 8.42 Å². The number of aliphatic hydroxyl groups is 1. The van der Waals surface area contributed by atoms with E-state index in [9.17, 15) is 8.42 Å². The Morgan fingerprint density at radius 1 is 0.926 bits per heavy atom. The van der Waals surface area contributed by atoms with Crippen molar-refractivity contribution in [3.8, 4) is 11.1 Å². The maximum absolute atomic E-state index is 12.0. The second kappa shape index (κ2) is 7.25. The number of rotatable bonds is 6. The number of nitrogens with zero attached hydrogens (tertiary/aromatic N) is 1. The minimum absolute atomic E-state index is 0.244. The monoisotopic (exact) mass is 379 g/mol. The molecule has 0 spiro atoms. The topological polar surface area (TPSA) is 67.3 Å². The van der Waals surface area contributed by atoms with Crippen LogP contribution in [0.1, 0.15) is 29.5 Å². The Bertz CT molecular complexity index is 1030. The molecule has 2 aromatic carbocycles. The van der Waals surface area contributed by atoms with Gasteiger partial charge in [-0.2, -0.15) is 0 Å². The molecule has 1 saturated carbocycles. The van der Waals surface area contributed by atoms with Crippen molar-refractivity contribution in [3.05, 3.63) is 84.2 Å². The molecular weight excluding hydrogens is 358 g/mol. The first kappa shape index (κ1) is 17.9. The Labute approximate surface area is 159 Å². The molecule has 1 heterocycles. The second-order valence-corrected chi connectivity index (χ2v) is 9.00. The molecule has 1 N–H and O–H groups in total. The largest absolute Gasteiger partial charge is 0.395 e. The number of hydrogen-bond donors (Lipinski definition) is 1. The predicted molar refractivity (Wildman–Crippen MR) is 105 cm³/mol. The Morgan fingerprint density at radius 3 is 2.44 bits per heavy atom. The molecule has 2 atom stereocenters. The van der Waals surface area contributed by atoms with Gasteiger partial charge in [0.25, 0.3) is 0 Å². The molecule has 0 aliphatic heterocycles. The van der Waals surface area contributed by atoms with Crippen molar-refractivity contribution in [1.29, 1.82) is 0 Å². The van der Waals surface area contributed by atoms with E-state index in [1.165, 1.54) is 5.56 Å². The summed E-state index contributed by atoms with van der Waals surface area (Å²) in [7, 11) is -3.42. The highest BCUT2D eigenvalue weighted by atomic mass is 32.2. The highest BCUT2D eigenvalue weighted by molar-refractivity contribution is 7.91. The van der Waals surface area contributed by atoms with Crippen molar-refractivity contribution in [3.63, 3.8) is 0 Å². The average Bonchev–Trinajstić information content (AvgIpc) is 3.50. The molecule has 1 aliphatic rings. The highest BCUT2D eigenvalue weighted by Crippen LogP contribution is 2.54. The number of aliphatic hydroxyl groups excluding tert-OH is 1. The first-order chi connectivity index (χ1) is 13.1. The molecule has 3 aromatic rings. The Balaban J connectivity index is 1.55. The summed E-state index contributed by atoms with van der Waals surface area (Å²) in [5.74, 6) is 0.717. The summed E-state index contributed by atoms with van der Waals surface area (Å²) >= 11 is 0. The van der Waals surface area contributed by atoms with E-state index >= 15 is 0 Å². The zero-order valence-electron chi connectivity index (χ0n) is 14.8. The van der Waals surface area contributed by atoms with E-state index < -0.39 is 9.84 Å². The number of aromatic nitrogens is 1. The number of pyridine rings is 1. The minimum atomic E-state index is -3.42. The van der Waals surface area contributed by atoms with Gasteiger partial charge in [0.2, 0.25) is 0 Å². The van der Waals surface area contributed by atoms with Gasteiger partial charge < -0.3 is 5.11 Å².